The van der Waals surface area contributed by atoms with Crippen LogP contribution in [0.2, 0.25) is 0 Å². The van der Waals surface area contributed by atoms with Crippen LogP contribution in [0.1, 0.15) is 12.0 Å². The number of hydrogen-bond acceptors (Lipinski definition) is 0. The Hall–Kier alpha value is 0.470. The summed E-state index contributed by atoms with van der Waals surface area (Å²) in [5.74, 6) is -0.561. The molecule has 0 N–H and O–H groups in total. The minimum Gasteiger partial charge on any atom is -0.205 e. The van der Waals surface area contributed by atoms with Gasteiger partial charge in [0.05, 0.1) is 3.57 Å². The second-order valence-electron chi connectivity index (χ2n) is 2.07. The largest absolute Gasteiger partial charge is 0.264 e. The molecule has 0 fully saturated rings. The number of hydrogen-bond donors (Lipinski definition) is 0. The van der Waals surface area contributed by atoms with Gasteiger partial charge in [0.25, 0.3) is 6.43 Å². The van der Waals surface area contributed by atoms with Crippen molar-refractivity contribution >= 4 is 45.2 Å². The van der Waals surface area contributed by atoms with E-state index in [2.05, 4.69) is 0 Å². The topological polar surface area (TPSA) is 0 Å². The van der Waals surface area contributed by atoms with E-state index in [0.29, 0.717) is 3.57 Å². The average molecular weight is 398 g/mol. The molecule has 0 aliphatic carbocycles. The molecule has 12 heavy (non-hydrogen) atoms. The van der Waals surface area contributed by atoms with Gasteiger partial charge in [-0.25, -0.2) is 13.2 Å². The van der Waals surface area contributed by atoms with Crippen LogP contribution >= 0.6 is 45.2 Å². The Balaban J connectivity index is 3.27. The third-order valence-electron chi connectivity index (χ3n) is 1.30. The summed E-state index contributed by atoms with van der Waals surface area (Å²) in [6, 6.07) is 2.59. The molecule has 0 spiro atoms. The normalized spacial score (nSPS) is 10.8. The molecule has 0 amide bonds. The van der Waals surface area contributed by atoms with E-state index in [1.165, 1.54) is 12.1 Å². The third kappa shape index (κ3) is 2.04. The second kappa shape index (κ2) is 4.12. The number of rotatable bonds is 1. The van der Waals surface area contributed by atoms with Crippen LogP contribution in [-0.4, -0.2) is 0 Å². The summed E-state index contributed by atoms with van der Waals surface area (Å²) in [5.41, 5.74) is -0.242. The van der Waals surface area contributed by atoms with E-state index in [1.807, 2.05) is 0 Å². The van der Waals surface area contributed by atoms with Gasteiger partial charge >= 0.3 is 0 Å². The highest BCUT2D eigenvalue weighted by molar-refractivity contribution is 14.1. The highest BCUT2D eigenvalue weighted by Crippen LogP contribution is 2.28. The maximum atomic E-state index is 13.0. The molecule has 0 aromatic heterocycles. The lowest BCUT2D eigenvalue weighted by molar-refractivity contribution is 0.150. The van der Waals surface area contributed by atoms with E-state index >= 15 is 0 Å². The second-order valence-corrected chi connectivity index (χ2v) is 4.31. The van der Waals surface area contributed by atoms with Crippen molar-refractivity contribution in [3.8, 4) is 0 Å². The Bertz CT molecular complexity index is 299. The number of benzene rings is 1. The summed E-state index contributed by atoms with van der Waals surface area (Å²) < 4.78 is 37.7. The van der Waals surface area contributed by atoms with Crippen molar-refractivity contribution in [2.24, 2.45) is 0 Å². The van der Waals surface area contributed by atoms with Gasteiger partial charge in [-0.2, -0.15) is 0 Å². The van der Waals surface area contributed by atoms with Crippen molar-refractivity contribution in [2.75, 3.05) is 0 Å². The molecule has 1 aromatic carbocycles. The van der Waals surface area contributed by atoms with Crippen LogP contribution in [-0.2, 0) is 0 Å². The zero-order valence-corrected chi connectivity index (χ0v) is 9.94. The van der Waals surface area contributed by atoms with Crippen LogP contribution < -0.4 is 0 Å². The molecule has 0 atom stereocenters. The summed E-state index contributed by atoms with van der Waals surface area (Å²) in [7, 11) is 0. The molecule has 0 heterocycles. The van der Waals surface area contributed by atoms with Gasteiger partial charge < -0.3 is 0 Å². The van der Waals surface area contributed by atoms with Gasteiger partial charge in [0.15, 0.2) is 0 Å². The molecule has 0 bridgehead atoms. The molecular weight excluding hydrogens is 395 g/mol. The van der Waals surface area contributed by atoms with Crippen molar-refractivity contribution in [1.29, 1.82) is 0 Å². The molecule has 1 rings (SSSR count). The molecule has 0 saturated carbocycles. The van der Waals surface area contributed by atoms with Crippen LogP contribution in [0, 0.1) is 13.0 Å². The summed E-state index contributed by atoms with van der Waals surface area (Å²) in [5, 5.41) is 0. The van der Waals surface area contributed by atoms with E-state index < -0.39 is 12.2 Å². The smallest absolute Gasteiger partial charge is 0.205 e. The van der Waals surface area contributed by atoms with Gasteiger partial charge in [-0.3, -0.25) is 0 Å². The lowest BCUT2D eigenvalue weighted by Gasteiger charge is -2.04. The Labute approximate surface area is 94.8 Å². The van der Waals surface area contributed by atoms with Crippen LogP contribution in [0.4, 0.5) is 13.2 Å². The van der Waals surface area contributed by atoms with Crippen molar-refractivity contribution in [1.82, 2.24) is 0 Å². The first-order valence-electron chi connectivity index (χ1n) is 2.95. The predicted molar refractivity (Wildman–Crippen MR) is 56.8 cm³/mol. The van der Waals surface area contributed by atoms with Crippen molar-refractivity contribution in [3.63, 3.8) is 0 Å². The first-order valence-corrected chi connectivity index (χ1v) is 5.11. The standard InChI is InChI=1S/C7H3F3I2/c8-5-4(11)2-1-3(6(5)12)7(9)10/h1-2,7H. The van der Waals surface area contributed by atoms with Crippen molar-refractivity contribution < 1.29 is 13.2 Å². The zero-order chi connectivity index (χ0) is 9.30. The maximum Gasteiger partial charge on any atom is 0.264 e. The predicted octanol–water partition coefficient (Wildman–Crippen LogP) is 3.97. The fraction of sp³-hybridized carbons (Fsp3) is 0.143. The highest BCUT2D eigenvalue weighted by Gasteiger charge is 2.15. The molecule has 1 aromatic rings. The van der Waals surface area contributed by atoms with Crippen molar-refractivity contribution in [2.45, 2.75) is 6.43 Å². The van der Waals surface area contributed by atoms with Gasteiger partial charge in [0.2, 0.25) is 0 Å². The Morgan fingerprint density at radius 2 is 1.75 bits per heavy atom. The SMILES string of the molecule is Fc1c(I)ccc(C(F)F)c1I. The molecule has 0 saturated heterocycles. The van der Waals surface area contributed by atoms with Gasteiger partial charge in [0.1, 0.15) is 5.82 Å². The fourth-order valence-corrected chi connectivity index (χ4v) is 2.38. The molecule has 0 aliphatic rings. The summed E-state index contributed by atoms with van der Waals surface area (Å²) in [6.07, 6.45) is -2.61. The van der Waals surface area contributed by atoms with Gasteiger partial charge in [-0.1, -0.05) is 6.07 Å². The summed E-state index contributed by atoms with van der Waals surface area (Å²) in [4.78, 5) is 0. The Morgan fingerprint density at radius 3 is 2.25 bits per heavy atom. The molecular formula is C7H3F3I2. The molecule has 0 aliphatic heterocycles. The summed E-state index contributed by atoms with van der Waals surface area (Å²) >= 11 is 3.35. The maximum absolute atomic E-state index is 13.0. The lowest BCUT2D eigenvalue weighted by Crippen LogP contribution is -1.95. The first-order chi connectivity index (χ1) is 5.54. The molecule has 0 nitrogen and oxygen atoms in total. The number of halogens is 5. The number of alkyl halides is 2. The average Bonchev–Trinajstić information content (AvgIpc) is 2.00. The van der Waals surface area contributed by atoms with Crippen LogP contribution in [0.5, 0.6) is 0 Å². The van der Waals surface area contributed by atoms with Gasteiger partial charge in [-0.05, 0) is 51.2 Å². The van der Waals surface area contributed by atoms with E-state index in [4.69, 9.17) is 0 Å². The van der Waals surface area contributed by atoms with Crippen LogP contribution in [0.3, 0.4) is 0 Å². The molecule has 5 heteroatoms. The van der Waals surface area contributed by atoms with Gasteiger partial charge in [-0.15, -0.1) is 0 Å². The van der Waals surface area contributed by atoms with Crippen LogP contribution in [0.15, 0.2) is 12.1 Å². The van der Waals surface area contributed by atoms with E-state index in [1.54, 1.807) is 45.2 Å². The monoisotopic (exact) mass is 398 g/mol. The lowest BCUT2D eigenvalue weighted by atomic mass is 10.2. The fourth-order valence-electron chi connectivity index (χ4n) is 0.709. The molecule has 66 valence electrons. The quantitative estimate of drug-likeness (QED) is 0.497. The van der Waals surface area contributed by atoms with E-state index in [9.17, 15) is 13.2 Å². The minimum absolute atomic E-state index is 0.00880. The van der Waals surface area contributed by atoms with E-state index in [-0.39, 0.29) is 9.13 Å². The van der Waals surface area contributed by atoms with Crippen molar-refractivity contribution in [3.05, 3.63) is 30.7 Å². The highest BCUT2D eigenvalue weighted by atomic mass is 127. The van der Waals surface area contributed by atoms with E-state index in [0.717, 1.165) is 0 Å². The molecule has 0 unspecified atom stereocenters. The zero-order valence-electron chi connectivity index (χ0n) is 5.62. The summed E-state index contributed by atoms with van der Waals surface area (Å²) in [6.45, 7) is 0. The first kappa shape index (κ1) is 10.6. The Kier molecular flexibility index (Phi) is 3.62. The molecule has 0 radical (unpaired) electrons. The van der Waals surface area contributed by atoms with Crippen LogP contribution in [0.25, 0.3) is 0 Å². The minimum atomic E-state index is -2.61. The third-order valence-corrected chi connectivity index (χ3v) is 3.23. The van der Waals surface area contributed by atoms with Gasteiger partial charge in [0, 0.05) is 9.13 Å². The Morgan fingerprint density at radius 1 is 1.17 bits per heavy atom.